The smallest absolute Gasteiger partial charge is 0.125 e. The Morgan fingerprint density at radius 3 is 2.25 bits per heavy atom. The van der Waals surface area contributed by atoms with Gasteiger partial charge in [-0.1, -0.05) is 39.0 Å². The van der Waals surface area contributed by atoms with Gasteiger partial charge in [0.2, 0.25) is 0 Å². The molecular weight excluding hydrogens is 248 g/mol. The van der Waals surface area contributed by atoms with Crippen molar-refractivity contribution in [2.75, 3.05) is 12.4 Å². The Labute approximate surface area is 121 Å². The first-order chi connectivity index (χ1) is 9.49. The number of anilines is 1. The Morgan fingerprint density at radius 1 is 1.05 bits per heavy atom. The molecule has 0 atom stereocenters. The van der Waals surface area contributed by atoms with Crippen LogP contribution in [-0.2, 0) is 12.0 Å². The van der Waals surface area contributed by atoms with Crippen molar-refractivity contribution >= 4 is 5.82 Å². The van der Waals surface area contributed by atoms with Gasteiger partial charge in [0, 0.05) is 18.8 Å². The molecule has 106 valence electrons. The van der Waals surface area contributed by atoms with Gasteiger partial charge >= 0.3 is 0 Å². The van der Waals surface area contributed by atoms with Crippen molar-refractivity contribution in [3.8, 4) is 5.75 Å². The summed E-state index contributed by atoms with van der Waals surface area (Å²) in [4.78, 5) is 4.26. The SMILES string of the molecule is CNc1ccc(COc2ccc(C(C)(C)C)cc2)cn1. The van der Waals surface area contributed by atoms with Gasteiger partial charge < -0.3 is 10.1 Å². The van der Waals surface area contributed by atoms with Crippen molar-refractivity contribution in [2.24, 2.45) is 0 Å². The molecule has 0 amide bonds. The van der Waals surface area contributed by atoms with Gasteiger partial charge in [0.05, 0.1) is 0 Å². The van der Waals surface area contributed by atoms with Crippen LogP contribution in [0.3, 0.4) is 0 Å². The molecule has 0 saturated heterocycles. The van der Waals surface area contributed by atoms with Crippen LogP contribution < -0.4 is 10.1 Å². The van der Waals surface area contributed by atoms with Gasteiger partial charge in [0.25, 0.3) is 0 Å². The van der Waals surface area contributed by atoms with Crippen LogP contribution in [0.25, 0.3) is 0 Å². The van der Waals surface area contributed by atoms with Crippen LogP contribution in [-0.4, -0.2) is 12.0 Å². The lowest BCUT2D eigenvalue weighted by Gasteiger charge is -2.19. The van der Waals surface area contributed by atoms with E-state index in [4.69, 9.17) is 4.74 Å². The minimum Gasteiger partial charge on any atom is -0.489 e. The lowest BCUT2D eigenvalue weighted by Crippen LogP contribution is -2.10. The summed E-state index contributed by atoms with van der Waals surface area (Å²) in [7, 11) is 1.86. The van der Waals surface area contributed by atoms with Crippen LogP contribution in [0, 0.1) is 0 Å². The van der Waals surface area contributed by atoms with E-state index in [-0.39, 0.29) is 5.41 Å². The summed E-state index contributed by atoms with van der Waals surface area (Å²) in [6, 6.07) is 12.3. The Morgan fingerprint density at radius 2 is 1.75 bits per heavy atom. The quantitative estimate of drug-likeness (QED) is 0.911. The average Bonchev–Trinajstić information content (AvgIpc) is 2.45. The predicted octanol–water partition coefficient (Wildman–Crippen LogP) is 4.00. The standard InChI is InChI=1S/C17H22N2O/c1-17(2,3)14-6-8-15(9-7-14)20-12-13-5-10-16(18-4)19-11-13/h5-11H,12H2,1-4H3,(H,18,19). The monoisotopic (exact) mass is 270 g/mol. The molecule has 1 heterocycles. The molecule has 3 nitrogen and oxygen atoms in total. The zero-order chi connectivity index (χ0) is 14.6. The van der Waals surface area contributed by atoms with Crippen molar-refractivity contribution in [3.05, 3.63) is 53.7 Å². The first-order valence-electron chi connectivity index (χ1n) is 6.85. The summed E-state index contributed by atoms with van der Waals surface area (Å²) in [5.74, 6) is 1.75. The third-order valence-electron chi connectivity index (χ3n) is 3.21. The molecule has 0 aliphatic heterocycles. The molecule has 0 spiro atoms. The van der Waals surface area contributed by atoms with Gasteiger partial charge in [-0.15, -0.1) is 0 Å². The molecule has 0 bridgehead atoms. The molecule has 1 aromatic carbocycles. The summed E-state index contributed by atoms with van der Waals surface area (Å²) in [6.07, 6.45) is 1.83. The van der Waals surface area contributed by atoms with E-state index in [0.29, 0.717) is 6.61 Å². The Balaban J connectivity index is 1.96. The van der Waals surface area contributed by atoms with Crippen LogP contribution in [0.5, 0.6) is 5.75 Å². The van der Waals surface area contributed by atoms with Crippen molar-refractivity contribution in [3.63, 3.8) is 0 Å². The molecule has 0 saturated carbocycles. The van der Waals surface area contributed by atoms with E-state index in [1.165, 1.54) is 5.56 Å². The molecule has 0 aliphatic rings. The van der Waals surface area contributed by atoms with Gasteiger partial charge in [-0.2, -0.15) is 0 Å². The molecule has 20 heavy (non-hydrogen) atoms. The first-order valence-corrected chi connectivity index (χ1v) is 6.85. The summed E-state index contributed by atoms with van der Waals surface area (Å²) < 4.78 is 5.77. The molecular formula is C17H22N2O. The molecule has 1 aromatic heterocycles. The summed E-state index contributed by atoms with van der Waals surface area (Å²) >= 11 is 0. The second-order valence-corrected chi connectivity index (χ2v) is 5.86. The minimum absolute atomic E-state index is 0.172. The van der Waals surface area contributed by atoms with Crippen LogP contribution in [0.2, 0.25) is 0 Å². The van der Waals surface area contributed by atoms with Crippen molar-refractivity contribution in [2.45, 2.75) is 32.8 Å². The van der Waals surface area contributed by atoms with Gasteiger partial charge in [-0.05, 0) is 29.2 Å². The van der Waals surface area contributed by atoms with E-state index in [1.54, 1.807) is 0 Å². The third kappa shape index (κ3) is 3.73. The molecule has 0 radical (unpaired) electrons. The third-order valence-corrected chi connectivity index (χ3v) is 3.21. The van der Waals surface area contributed by atoms with Crippen LogP contribution in [0.1, 0.15) is 31.9 Å². The highest BCUT2D eigenvalue weighted by atomic mass is 16.5. The van der Waals surface area contributed by atoms with E-state index in [2.05, 4.69) is 43.2 Å². The molecule has 2 aromatic rings. The highest BCUT2D eigenvalue weighted by molar-refractivity contribution is 5.35. The maximum atomic E-state index is 5.77. The summed E-state index contributed by atoms with van der Waals surface area (Å²) in [5, 5.41) is 3.00. The fourth-order valence-electron chi connectivity index (χ4n) is 1.88. The topological polar surface area (TPSA) is 34.1 Å². The first kappa shape index (κ1) is 14.4. The summed E-state index contributed by atoms with van der Waals surface area (Å²) in [5.41, 5.74) is 2.54. The number of benzene rings is 1. The number of hydrogen-bond acceptors (Lipinski definition) is 3. The number of hydrogen-bond donors (Lipinski definition) is 1. The molecule has 0 unspecified atom stereocenters. The van der Waals surface area contributed by atoms with E-state index >= 15 is 0 Å². The average molecular weight is 270 g/mol. The second kappa shape index (κ2) is 5.95. The molecule has 3 heteroatoms. The normalized spacial score (nSPS) is 11.2. The van der Waals surface area contributed by atoms with Crippen molar-refractivity contribution < 1.29 is 4.74 Å². The van der Waals surface area contributed by atoms with Gasteiger partial charge in [-0.3, -0.25) is 0 Å². The summed E-state index contributed by atoms with van der Waals surface area (Å²) in [6.45, 7) is 7.15. The molecule has 0 aliphatic carbocycles. The van der Waals surface area contributed by atoms with E-state index in [1.807, 2.05) is 37.5 Å². The number of pyridine rings is 1. The van der Waals surface area contributed by atoms with Gasteiger partial charge in [-0.25, -0.2) is 4.98 Å². The van der Waals surface area contributed by atoms with Crippen molar-refractivity contribution in [1.29, 1.82) is 0 Å². The maximum Gasteiger partial charge on any atom is 0.125 e. The van der Waals surface area contributed by atoms with E-state index in [0.717, 1.165) is 17.1 Å². The highest BCUT2D eigenvalue weighted by Crippen LogP contribution is 2.24. The van der Waals surface area contributed by atoms with Crippen LogP contribution >= 0.6 is 0 Å². The fraction of sp³-hybridized carbons (Fsp3) is 0.353. The zero-order valence-electron chi connectivity index (χ0n) is 12.6. The molecule has 1 N–H and O–H groups in total. The van der Waals surface area contributed by atoms with E-state index < -0.39 is 0 Å². The number of rotatable bonds is 4. The predicted molar refractivity (Wildman–Crippen MR) is 83.3 cm³/mol. The van der Waals surface area contributed by atoms with Crippen LogP contribution in [0.4, 0.5) is 5.82 Å². The highest BCUT2D eigenvalue weighted by Gasteiger charge is 2.12. The lowest BCUT2D eigenvalue weighted by molar-refractivity contribution is 0.305. The minimum atomic E-state index is 0.172. The maximum absolute atomic E-state index is 5.77. The fourth-order valence-corrected chi connectivity index (χ4v) is 1.88. The Kier molecular flexibility index (Phi) is 4.28. The lowest BCUT2D eigenvalue weighted by atomic mass is 9.87. The van der Waals surface area contributed by atoms with Gasteiger partial charge in [0.1, 0.15) is 18.2 Å². The second-order valence-electron chi connectivity index (χ2n) is 5.86. The van der Waals surface area contributed by atoms with Crippen molar-refractivity contribution in [1.82, 2.24) is 4.98 Å². The molecule has 2 rings (SSSR count). The number of nitrogens with one attached hydrogen (secondary N) is 1. The number of nitrogens with zero attached hydrogens (tertiary/aromatic N) is 1. The molecule has 0 fully saturated rings. The Bertz CT molecular complexity index is 539. The van der Waals surface area contributed by atoms with E-state index in [9.17, 15) is 0 Å². The van der Waals surface area contributed by atoms with Gasteiger partial charge in [0.15, 0.2) is 0 Å². The Hall–Kier alpha value is -2.03. The largest absolute Gasteiger partial charge is 0.489 e. The number of aromatic nitrogens is 1. The zero-order valence-corrected chi connectivity index (χ0v) is 12.6. The van der Waals surface area contributed by atoms with Crippen LogP contribution in [0.15, 0.2) is 42.6 Å². The number of ether oxygens (including phenoxy) is 1.